The van der Waals surface area contributed by atoms with E-state index in [9.17, 15) is 9.90 Å². The van der Waals surface area contributed by atoms with Crippen molar-refractivity contribution in [2.24, 2.45) is 0 Å². The van der Waals surface area contributed by atoms with Gasteiger partial charge in [0.15, 0.2) is 5.69 Å². The second-order valence-corrected chi connectivity index (χ2v) is 5.42. The van der Waals surface area contributed by atoms with E-state index in [4.69, 9.17) is 0 Å². The number of hydrogen-bond acceptors (Lipinski definition) is 4. The Morgan fingerprint density at radius 3 is 2.32 bits per heavy atom. The molecule has 4 rings (SSSR count). The summed E-state index contributed by atoms with van der Waals surface area (Å²) in [4.78, 5) is 11.2. The van der Waals surface area contributed by atoms with Gasteiger partial charge in [-0.2, -0.15) is 5.10 Å². The number of aromatic nitrogens is 5. The van der Waals surface area contributed by atoms with Crippen LogP contribution in [-0.2, 0) is 0 Å². The lowest BCUT2D eigenvalue weighted by molar-refractivity contribution is 0.0687. The minimum Gasteiger partial charge on any atom is -0.476 e. The monoisotopic (exact) mass is 331 g/mol. The summed E-state index contributed by atoms with van der Waals surface area (Å²) in [5.74, 6) is -1.07. The molecule has 0 saturated heterocycles. The largest absolute Gasteiger partial charge is 0.476 e. The van der Waals surface area contributed by atoms with Crippen LogP contribution >= 0.6 is 0 Å². The number of carbonyl (C=O) groups is 1. The van der Waals surface area contributed by atoms with Crippen LogP contribution in [0.5, 0.6) is 0 Å². The Morgan fingerprint density at radius 1 is 0.960 bits per heavy atom. The molecule has 7 heteroatoms. The molecule has 0 amide bonds. The van der Waals surface area contributed by atoms with Gasteiger partial charge in [-0.3, -0.25) is 5.10 Å². The van der Waals surface area contributed by atoms with Crippen LogP contribution in [0, 0.1) is 0 Å². The van der Waals surface area contributed by atoms with E-state index < -0.39 is 5.97 Å². The second-order valence-electron chi connectivity index (χ2n) is 5.42. The fourth-order valence-corrected chi connectivity index (χ4v) is 2.74. The van der Waals surface area contributed by atoms with Gasteiger partial charge in [0.25, 0.3) is 0 Å². The van der Waals surface area contributed by atoms with Crippen molar-refractivity contribution in [2.75, 3.05) is 0 Å². The molecule has 122 valence electrons. The summed E-state index contributed by atoms with van der Waals surface area (Å²) >= 11 is 0. The fourth-order valence-electron chi connectivity index (χ4n) is 2.74. The topological polar surface area (TPSA) is 96.7 Å². The number of benzene rings is 2. The Hall–Kier alpha value is -3.74. The van der Waals surface area contributed by atoms with Crippen LogP contribution in [0.4, 0.5) is 0 Å². The predicted octanol–water partition coefficient (Wildman–Crippen LogP) is 3.02. The van der Waals surface area contributed by atoms with Gasteiger partial charge in [0.1, 0.15) is 0 Å². The van der Waals surface area contributed by atoms with Gasteiger partial charge in [0.05, 0.1) is 18.1 Å². The van der Waals surface area contributed by atoms with Gasteiger partial charge >= 0.3 is 5.97 Å². The maximum atomic E-state index is 11.2. The van der Waals surface area contributed by atoms with Gasteiger partial charge in [-0.15, -0.1) is 5.10 Å². The van der Waals surface area contributed by atoms with Crippen LogP contribution in [0.15, 0.2) is 67.1 Å². The molecule has 0 aliphatic carbocycles. The molecule has 0 radical (unpaired) electrons. The van der Waals surface area contributed by atoms with Crippen molar-refractivity contribution in [3.05, 3.63) is 72.8 Å². The Balaban J connectivity index is 1.75. The highest BCUT2D eigenvalue weighted by Crippen LogP contribution is 2.31. The van der Waals surface area contributed by atoms with Gasteiger partial charge in [-0.05, 0) is 28.8 Å². The zero-order valence-electron chi connectivity index (χ0n) is 13.0. The van der Waals surface area contributed by atoms with Gasteiger partial charge in [-0.25, -0.2) is 9.48 Å². The van der Waals surface area contributed by atoms with E-state index in [1.165, 1.54) is 10.9 Å². The third-order valence-electron chi connectivity index (χ3n) is 3.93. The average molecular weight is 331 g/mol. The molecule has 0 fully saturated rings. The molecule has 7 nitrogen and oxygen atoms in total. The first-order chi connectivity index (χ1) is 12.2. The summed E-state index contributed by atoms with van der Waals surface area (Å²) in [6.45, 7) is 0. The molecule has 0 bridgehead atoms. The molecule has 0 aliphatic rings. The van der Waals surface area contributed by atoms with Gasteiger partial charge in [-0.1, -0.05) is 41.6 Å². The summed E-state index contributed by atoms with van der Waals surface area (Å²) in [6, 6.07) is 15.5. The quantitative estimate of drug-likeness (QED) is 0.599. The molecule has 4 aromatic rings. The van der Waals surface area contributed by atoms with Crippen LogP contribution in [-0.4, -0.2) is 36.3 Å². The van der Waals surface area contributed by atoms with Gasteiger partial charge < -0.3 is 5.11 Å². The van der Waals surface area contributed by atoms with Crippen molar-refractivity contribution < 1.29 is 9.90 Å². The molecule has 0 aliphatic heterocycles. The number of carboxylic acids is 1. The first-order valence-corrected chi connectivity index (χ1v) is 7.57. The summed E-state index contributed by atoms with van der Waals surface area (Å²) in [5, 5.41) is 23.5. The van der Waals surface area contributed by atoms with E-state index in [2.05, 4.69) is 20.5 Å². The zero-order chi connectivity index (χ0) is 17.2. The molecule has 0 atom stereocenters. The Bertz CT molecular complexity index is 1020. The van der Waals surface area contributed by atoms with Crippen LogP contribution in [0.3, 0.4) is 0 Å². The maximum Gasteiger partial charge on any atom is 0.356 e. The smallest absolute Gasteiger partial charge is 0.356 e. The standard InChI is InChI=1S/C18H13N5O2/c24-18(25)17-11-21-22-23(17)14-7-5-12(6-8-14)15-3-1-2-4-16(15)13-9-19-20-10-13/h1-11H,(H,19,20)(H,24,25). The average Bonchev–Trinajstić information content (AvgIpc) is 3.34. The molecule has 0 spiro atoms. The first kappa shape index (κ1) is 14.8. The lowest BCUT2D eigenvalue weighted by Crippen LogP contribution is -2.07. The first-order valence-electron chi connectivity index (χ1n) is 7.57. The van der Waals surface area contributed by atoms with Crippen LogP contribution in [0.25, 0.3) is 27.9 Å². The van der Waals surface area contributed by atoms with Crippen molar-refractivity contribution in [3.63, 3.8) is 0 Å². The molecule has 2 aromatic carbocycles. The molecule has 2 aromatic heterocycles. The van der Waals surface area contributed by atoms with E-state index in [-0.39, 0.29) is 5.69 Å². The molecular formula is C18H13N5O2. The van der Waals surface area contributed by atoms with E-state index in [0.29, 0.717) is 5.69 Å². The molecule has 0 unspecified atom stereocenters. The molecule has 0 saturated carbocycles. The van der Waals surface area contributed by atoms with E-state index in [1.807, 2.05) is 54.7 Å². The van der Waals surface area contributed by atoms with Crippen LogP contribution < -0.4 is 0 Å². The highest BCUT2D eigenvalue weighted by atomic mass is 16.4. The minimum atomic E-state index is -1.07. The van der Waals surface area contributed by atoms with Crippen molar-refractivity contribution >= 4 is 5.97 Å². The minimum absolute atomic E-state index is 0.0200. The summed E-state index contributed by atoms with van der Waals surface area (Å²) in [6.07, 6.45) is 4.86. The highest BCUT2D eigenvalue weighted by molar-refractivity contribution is 5.86. The molecule has 2 N–H and O–H groups in total. The molecule has 2 heterocycles. The number of carboxylic acid groups (broad SMARTS) is 1. The van der Waals surface area contributed by atoms with E-state index in [1.54, 1.807) is 6.20 Å². The van der Waals surface area contributed by atoms with Crippen molar-refractivity contribution in [3.8, 4) is 27.9 Å². The SMILES string of the molecule is O=C(O)c1cnnn1-c1ccc(-c2ccccc2-c2cn[nH]c2)cc1. The second kappa shape index (κ2) is 6.04. The van der Waals surface area contributed by atoms with E-state index >= 15 is 0 Å². The Kier molecular flexibility index (Phi) is 3.59. The van der Waals surface area contributed by atoms with Crippen LogP contribution in [0.1, 0.15) is 10.5 Å². The third kappa shape index (κ3) is 2.67. The zero-order valence-corrected chi connectivity index (χ0v) is 13.0. The number of nitrogens with one attached hydrogen (secondary N) is 1. The summed E-state index contributed by atoms with van der Waals surface area (Å²) in [7, 11) is 0. The lowest BCUT2D eigenvalue weighted by Gasteiger charge is -2.09. The number of hydrogen-bond donors (Lipinski definition) is 2. The fraction of sp³-hybridized carbons (Fsp3) is 0. The highest BCUT2D eigenvalue weighted by Gasteiger charge is 2.13. The van der Waals surface area contributed by atoms with Crippen LogP contribution in [0.2, 0.25) is 0 Å². The number of aromatic amines is 1. The summed E-state index contributed by atoms with van der Waals surface area (Å²) < 4.78 is 1.30. The Labute approximate surface area is 142 Å². The van der Waals surface area contributed by atoms with Crippen molar-refractivity contribution in [2.45, 2.75) is 0 Å². The molecular weight excluding hydrogens is 318 g/mol. The summed E-state index contributed by atoms with van der Waals surface area (Å²) in [5.41, 5.74) is 4.80. The van der Waals surface area contributed by atoms with Gasteiger partial charge in [0, 0.05) is 11.8 Å². The third-order valence-corrected chi connectivity index (χ3v) is 3.93. The Morgan fingerprint density at radius 2 is 1.68 bits per heavy atom. The van der Waals surface area contributed by atoms with Gasteiger partial charge in [0.2, 0.25) is 0 Å². The van der Waals surface area contributed by atoms with Crippen molar-refractivity contribution in [1.82, 2.24) is 25.2 Å². The number of rotatable bonds is 4. The molecule has 25 heavy (non-hydrogen) atoms. The van der Waals surface area contributed by atoms with E-state index in [0.717, 1.165) is 22.3 Å². The normalized spacial score (nSPS) is 10.7. The number of nitrogens with zero attached hydrogens (tertiary/aromatic N) is 4. The maximum absolute atomic E-state index is 11.2. The van der Waals surface area contributed by atoms with Crippen molar-refractivity contribution in [1.29, 1.82) is 0 Å². The predicted molar refractivity (Wildman–Crippen MR) is 91.3 cm³/mol. The lowest BCUT2D eigenvalue weighted by atomic mass is 9.96. The number of aromatic carboxylic acids is 1. The number of H-pyrrole nitrogens is 1.